The second kappa shape index (κ2) is 22.3. The number of hydrogen-bond acceptors (Lipinski definition) is 11. The van der Waals surface area contributed by atoms with Gasteiger partial charge in [-0.25, -0.2) is 4.98 Å². The summed E-state index contributed by atoms with van der Waals surface area (Å²) in [5.74, 6) is 9.60. The number of alkyl halides is 3. The Hall–Kier alpha value is -6.82. The Labute approximate surface area is 414 Å². The third-order valence-corrected chi connectivity index (χ3v) is 12.9. The van der Waals surface area contributed by atoms with Crippen molar-refractivity contribution in [2.45, 2.75) is 97.3 Å². The van der Waals surface area contributed by atoms with Gasteiger partial charge >= 0.3 is 6.18 Å². The molecule has 1 aromatic heterocycles. The molecule has 0 unspecified atom stereocenters. The molecule has 2 fully saturated rings. The van der Waals surface area contributed by atoms with Gasteiger partial charge in [0.05, 0.1) is 45.1 Å². The maximum absolute atomic E-state index is 14.0. The Morgan fingerprint density at radius 2 is 1.69 bits per heavy atom. The van der Waals surface area contributed by atoms with E-state index in [1.54, 1.807) is 55.0 Å². The van der Waals surface area contributed by atoms with Crippen LogP contribution in [0.1, 0.15) is 76.3 Å². The molecule has 0 saturated carbocycles. The zero-order valence-electron chi connectivity index (χ0n) is 39.4. The number of carbonyl (C=O) groups is 4. The van der Waals surface area contributed by atoms with Crippen molar-refractivity contribution in [3.63, 3.8) is 0 Å². The minimum Gasteiger partial charge on any atom is -0.481 e. The molecule has 2 aliphatic rings. The van der Waals surface area contributed by atoms with E-state index >= 15 is 0 Å². The molecule has 366 valence electrons. The molecule has 2 aliphatic heterocycles. The highest BCUT2D eigenvalue weighted by Crippen LogP contribution is 2.40. The van der Waals surface area contributed by atoms with Crippen LogP contribution in [0.3, 0.4) is 0 Å². The largest absolute Gasteiger partial charge is 0.481 e. The van der Waals surface area contributed by atoms with Crippen LogP contribution in [0.4, 0.5) is 24.5 Å². The molecule has 0 bridgehead atoms. The Morgan fingerprint density at radius 3 is 2.31 bits per heavy atom. The van der Waals surface area contributed by atoms with Gasteiger partial charge in [-0.1, -0.05) is 51.0 Å². The number of thiazole rings is 1. The fourth-order valence-electron chi connectivity index (χ4n) is 7.90. The third kappa shape index (κ3) is 12.5. The van der Waals surface area contributed by atoms with Crippen molar-refractivity contribution in [2.24, 2.45) is 5.41 Å². The maximum Gasteiger partial charge on any atom is 0.417 e. The predicted molar refractivity (Wildman–Crippen MR) is 262 cm³/mol. The number of amides is 4. The summed E-state index contributed by atoms with van der Waals surface area (Å²) in [7, 11) is 0. The number of hydrogen-bond donors (Lipinski definition) is 3. The van der Waals surface area contributed by atoms with E-state index < -0.39 is 58.3 Å². The summed E-state index contributed by atoms with van der Waals surface area (Å²) in [6, 6.07) is 17.1. The number of aliphatic hydroxyl groups is 1. The third-order valence-electron chi connectivity index (χ3n) is 11.6. The van der Waals surface area contributed by atoms with Crippen LogP contribution in [0.5, 0.6) is 5.75 Å². The number of carbonyl (C=O) groups excluding carboxylic acids is 4. The van der Waals surface area contributed by atoms with Crippen molar-refractivity contribution in [1.29, 1.82) is 5.26 Å². The first-order valence-electron chi connectivity index (χ1n) is 22.2. The summed E-state index contributed by atoms with van der Waals surface area (Å²) in [6.45, 7) is 11.1. The minimum absolute atomic E-state index is 0.00155. The molecule has 2 saturated heterocycles. The lowest BCUT2D eigenvalue weighted by molar-refractivity contribution is -0.144. The number of likely N-dealkylation sites (tertiary alicyclic amines) is 1. The fourth-order valence-corrected chi connectivity index (χ4v) is 9.24. The van der Waals surface area contributed by atoms with Gasteiger partial charge in [-0.3, -0.25) is 24.1 Å². The first-order chi connectivity index (χ1) is 33.1. The van der Waals surface area contributed by atoms with Gasteiger partial charge in [0.1, 0.15) is 36.6 Å². The highest BCUT2D eigenvalue weighted by molar-refractivity contribution is 7.81. The van der Waals surface area contributed by atoms with Crippen molar-refractivity contribution in [3.8, 4) is 45.9 Å². The number of ether oxygens (including phenoxy) is 2. The summed E-state index contributed by atoms with van der Waals surface area (Å²) >= 11 is 7.16. The van der Waals surface area contributed by atoms with Crippen molar-refractivity contribution in [3.05, 3.63) is 94.6 Å². The number of thiocarbonyl (C=S) groups is 1. The van der Waals surface area contributed by atoms with Crippen molar-refractivity contribution >= 4 is 63.7 Å². The van der Waals surface area contributed by atoms with Gasteiger partial charge in [-0.15, -0.1) is 11.3 Å². The second-order valence-corrected chi connectivity index (χ2v) is 19.4. The first-order valence-corrected chi connectivity index (χ1v) is 23.5. The molecule has 3 aromatic carbocycles. The quantitative estimate of drug-likeness (QED) is 0.0641. The van der Waals surface area contributed by atoms with Gasteiger partial charge in [-0.05, 0) is 116 Å². The van der Waals surface area contributed by atoms with Crippen molar-refractivity contribution in [2.75, 3.05) is 36.2 Å². The molecule has 4 aromatic rings. The molecule has 3 atom stereocenters. The Kier molecular flexibility index (Phi) is 16.7. The molecule has 3 N–H and O–H groups in total. The number of nitrogens with zero attached hydrogens (tertiary/aromatic N) is 5. The molecular weight excluding hydrogens is 944 g/mol. The molecule has 0 spiro atoms. The molecule has 6 rings (SSSR count). The van der Waals surface area contributed by atoms with E-state index in [0.717, 1.165) is 38.7 Å². The Morgan fingerprint density at radius 1 is 1.01 bits per heavy atom. The summed E-state index contributed by atoms with van der Waals surface area (Å²) in [5, 5.41) is 25.5. The number of anilines is 2. The number of β-amino-alcohol motifs (C(OH)–C–C–N with tert-alkyl or cyclic N) is 1. The minimum atomic E-state index is -4.81. The van der Waals surface area contributed by atoms with Crippen LogP contribution >= 0.6 is 23.6 Å². The number of benzene rings is 3. The Bertz CT molecular complexity index is 2780. The monoisotopic (exact) mass is 995 g/mol. The summed E-state index contributed by atoms with van der Waals surface area (Å²) in [6.07, 6.45) is -5.20. The molecule has 70 heavy (non-hydrogen) atoms. The summed E-state index contributed by atoms with van der Waals surface area (Å²) < 4.78 is 52.3. The lowest BCUT2D eigenvalue weighted by Gasteiger charge is -2.35. The van der Waals surface area contributed by atoms with E-state index in [-0.39, 0.29) is 68.4 Å². The zero-order valence-corrected chi connectivity index (χ0v) is 41.0. The van der Waals surface area contributed by atoms with Gasteiger partial charge in [0.25, 0.3) is 5.91 Å². The number of nitrogens with one attached hydrogen (secondary N) is 2. The van der Waals surface area contributed by atoms with Crippen LogP contribution in [0.15, 0.2) is 72.2 Å². The van der Waals surface area contributed by atoms with Gasteiger partial charge in [0.2, 0.25) is 17.7 Å². The van der Waals surface area contributed by atoms with Crippen molar-refractivity contribution in [1.82, 2.24) is 20.5 Å². The smallest absolute Gasteiger partial charge is 0.417 e. The number of nitriles is 1. The molecular formula is C51H52F3N7O7S2. The van der Waals surface area contributed by atoms with Crippen LogP contribution in [-0.2, 0) is 36.6 Å². The maximum atomic E-state index is 14.0. The number of rotatable bonds is 15. The SMILES string of the molecule is Cc1ncsc1-c1ccc(CNC(=O)[C@@H]2C[C@@H](O)CN2C(=O)[C@@H](NC(=O)CCCOCC#CC#CCOc2ccc(N3C(=S)N(c4ccc(C#N)c(C(F)(F)F)c4)C(=O)C3(C)C)cc2)C(C)(C)C)cc1. The van der Waals surface area contributed by atoms with Gasteiger partial charge < -0.3 is 35.0 Å². The van der Waals surface area contributed by atoms with E-state index in [2.05, 4.69) is 39.3 Å². The van der Waals surface area contributed by atoms with Crippen LogP contribution < -0.4 is 25.2 Å². The van der Waals surface area contributed by atoms with E-state index in [4.69, 9.17) is 21.7 Å². The predicted octanol–water partition coefficient (Wildman–Crippen LogP) is 6.92. The van der Waals surface area contributed by atoms with Gasteiger partial charge in [0.15, 0.2) is 5.11 Å². The highest BCUT2D eigenvalue weighted by Gasteiger charge is 2.51. The molecule has 0 aliphatic carbocycles. The number of aryl methyl sites for hydroxylation is 1. The van der Waals surface area contributed by atoms with Gasteiger partial charge in [-0.2, -0.15) is 18.4 Å². The van der Waals surface area contributed by atoms with E-state index in [9.17, 15) is 42.7 Å². The molecule has 14 nitrogen and oxygen atoms in total. The van der Waals surface area contributed by atoms with Crippen molar-refractivity contribution < 1.29 is 46.9 Å². The fraction of sp³-hybridized carbons (Fsp3) is 0.392. The lowest BCUT2D eigenvalue weighted by atomic mass is 9.85. The number of halogens is 3. The van der Waals surface area contributed by atoms with Crippen LogP contribution in [0.2, 0.25) is 0 Å². The Balaban J connectivity index is 0.913. The zero-order chi connectivity index (χ0) is 51.0. The standard InChI is InChI=1S/C51H52F3N7O7S2/c1-32-43(70-31-57-32)34-15-13-33(14-16-34)29-56-45(64)41-27-38(62)30-59(41)46(65)44(49(2,3)4)58-42(63)12-11-24-67-23-9-7-8-10-25-68-39-21-19-36(20-22-39)61-48(69)60(47(66)50(61,5)6)37-18-17-35(28-55)40(26-37)51(52,53)54/h13-22,26,31,38,41,44,62H,11-12,23-25,27,29-30H2,1-6H3,(H,56,64)(H,58,63)/t38-,41+,44-/m1/s1. The lowest BCUT2D eigenvalue weighted by Crippen LogP contribution is -2.57. The van der Waals surface area contributed by atoms with E-state index in [0.29, 0.717) is 17.9 Å². The average Bonchev–Trinajstić information content (AvgIpc) is 3.98. The van der Waals surface area contributed by atoms with Gasteiger partial charge in [0, 0.05) is 38.2 Å². The molecule has 19 heteroatoms. The molecule has 0 radical (unpaired) electrons. The first kappa shape index (κ1) is 52.5. The number of aliphatic hydroxyl groups excluding tert-OH is 1. The summed E-state index contributed by atoms with van der Waals surface area (Å²) in [4.78, 5) is 63.2. The molecule has 3 heterocycles. The van der Waals surface area contributed by atoms with E-state index in [1.165, 1.54) is 21.9 Å². The summed E-state index contributed by atoms with van der Waals surface area (Å²) in [5.41, 5.74) is 1.35. The van der Waals surface area contributed by atoms with E-state index in [1.807, 2.05) is 52.0 Å². The molecule has 4 amide bonds. The number of aromatic nitrogens is 1. The van der Waals surface area contributed by atoms with Crippen LogP contribution in [0, 0.1) is 47.4 Å². The normalized spacial score (nSPS) is 17.0. The van der Waals surface area contributed by atoms with Crippen LogP contribution in [0.25, 0.3) is 10.4 Å². The average molecular weight is 996 g/mol. The van der Waals surface area contributed by atoms with Crippen LogP contribution in [-0.4, -0.2) is 93.8 Å². The topological polar surface area (TPSA) is 177 Å². The second-order valence-electron chi connectivity index (χ2n) is 18.1. The highest BCUT2D eigenvalue weighted by atomic mass is 32.1.